The van der Waals surface area contributed by atoms with E-state index in [1.165, 1.54) is 22.4 Å². The molecule has 3 rings (SSSR count). The summed E-state index contributed by atoms with van der Waals surface area (Å²) in [5.41, 5.74) is 1.51. The van der Waals surface area contributed by atoms with Crippen LogP contribution in [0.4, 0.5) is 10.1 Å². The average Bonchev–Trinajstić information content (AvgIpc) is 2.96. The zero-order valence-corrected chi connectivity index (χ0v) is 24.6. The number of hydrogen-bond donors (Lipinski definition) is 1. The molecule has 220 valence electrons. The molecule has 41 heavy (non-hydrogen) atoms. The Bertz CT molecular complexity index is 1400. The molecule has 1 unspecified atom stereocenters. The number of para-hydroxylation sites is 2. The zero-order chi connectivity index (χ0) is 29.8. The van der Waals surface area contributed by atoms with Crippen molar-refractivity contribution in [1.82, 2.24) is 10.2 Å². The van der Waals surface area contributed by atoms with Crippen LogP contribution in [0.3, 0.4) is 0 Å². The van der Waals surface area contributed by atoms with Gasteiger partial charge in [-0.2, -0.15) is 0 Å². The molecule has 1 atom stereocenters. The fraction of sp³-hybridized carbons (Fsp3) is 0.355. The standard InChI is InChI=1S/C31H38FN3O5S/c1-4-20-33-31(37)28(22-24-13-6-5-7-14-24)34(23-25-15-8-9-16-26(25)32)30(36)19-12-21-35(41(3,38)39)27-17-10-11-18-29(27)40-2/h5-11,13-18,28H,4,12,19-23H2,1-3H3,(H,33,37). The van der Waals surface area contributed by atoms with E-state index in [0.29, 0.717) is 18.0 Å². The molecule has 0 aromatic heterocycles. The molecule has 0 spiro atoms. The zero-order valence-electron chi connectivity index (χ0n) is 23.8. The lowest BCUT2D eigenvalue weighted by atomic mass is 10.0. The Morgan fingerprint density at radius 1 is 0.976 bits per heavy atom. The number of sulfonamides is 1. The van der Waals surface area contributed by atoms with Crippen LogP contribution in [0.1, 0.15) is 37.3 Å². The molecule has 3 aromatic carbocycles. The van der Waals surface area contributed by atoms with Crippen LogP contribution in [0.15, 0.2) is 78.9 Å². The number of nitrogens with one attached hydrogen (secondary N) is 1. The third kappa shape index (κ3) is 9.04. The number of hydrogen-bond acceptors (Lipinski definition) is 5. The van der Waals surface area contributed by atoms with E-state index >= 15 is 0 Å². The Labute approximate surface area is 242 Å². The number of carbonyl (C=O) groups is 2. The molecular formula is C31H38FN3O5S. The van der Waals surface area contributed by atoms with Crippen molar-refractivity contribution in [3.63, 3.8) is 0 Å². The van der Waals surface area contributed by atoms with Crippen LogP contribution in [0, 0.1) is 5.82 Å². The predicted molar refractivity (Wildman–Crippen MR) is 159 cm³/mol. The van der Waals surface area contributed by atoms with Gasteiger partial charge in [-0.25, -0.2) is 12.8 Å². The smallest absolute Gasteiger partial charge is 0.243 e. The maximum Gasteiger partial charge on any atom is 0.243 e. The Morgan fingerprint density at radius 3 is 2.29 bits per heavy atom. The Balaban J connectivity index is 1.89. The molecule has 3 aromatic rings. The molecule has 0 fully saturated rings. The quantitative estimate of drug-likeness (QED) is 0.283. The molecule has 0 saturated carbocycles. The predicted octanol–water partition coefficient (Wildman–Crippen LogP) is 4.55. The molecule has 0 bridgehead atoms. The molecule has 0 aliphatic heterocycles. The van der Waals surface area contributed by atoms with Crippen molar-refractivity contribution in [2.45, 2.75) is 45.2 Å². The maximum atomic E-state index is 14.7. The summed E-state index contributed by atoms with van der Waals surface area (Å²) in [5.74, 6) is -0.792. The minimum atomic E-state index is -3.69. The van der Waals surface area contributed by atoms with Gasteiger partial charge in [-0.3, -0.25) is 13.9 Å². The minimum Gasteiger partial charge on any atom is -0.495 e. The number of amides is 2. The van der Waals surface area contributed by atoms with E-state index in [9.17, 15) is 22.4 Å². The molecule has 0 saturated heterocycles. The van der Waals surface area contributed by atoms with Gasteiger partial charge in [0.05, 0.1) is 19.1 Å². The number of halogens is 1. The summed E-state index contributed by atoms with van der Waals surface area (Å²) < 4.78 is 46.6. The average molecular weight is 584 g/mol. The van der Waals surface area contributed by atoms with E-state index in [2.05, 4.69) is 5.32 Å². The molecule has 0 aliphatic carbocycles. The van der Waals surface area contributed by atoms with Crippen molar-refractivity contribution in [2.24, 2.45) is 0 Å². The number of ether oxygens (including phenoxy) is 1. The molecule has 1 N–H and O–H groups in total. The van der Waals surface area contributed by atoms with Crippen LogP contribution in [0.5, 0.6) is 5.75 Å². The second-order valence-corrected chi connectivity index (χ2v) is 11.6. The van der Waals surface area contributed by atoms with Gasteiger partial charge in [0.1, 0.15) is 17.6 Å². The van der Waals surface area contributed by atoms with Gasteiger partial charge in [-0.15, -0.1) is 0 Å². The van der Waals surface area contributed by atoms with Crippen molar-refractivity contribution < 1.29 is 27.1 Å². The van der Waals surface area contributed by atoms with Gasteiger partial charge in [-0.1, -0.05) is 67.6 Å². The molecule has 0 radical (unpaired) electrons. The summed E-state index contributed by atoms with van der Waals surface area (Å²) in [5, 5.41) is 2.89. The lowest BCUT2D eigenvalue weighted by molar-refractivity contribution is -0.141. The number of methoxy groups -OCH3 is 1. The van der Waals surface area contributed by atoms with Crippen molar-refractivity contribution in [3.05, 3.63) is 95.8 Å². The van der Waals surface area contributed by atoms with Gasteiger partial charge < -0.3 is 15.0 Å². The molecule has 0 heterocycles. The van der Waals surface area contributed by atoms with E-state index < -0.39 is 21.9 Å². The van der Waals surface area contributed by atoms with Crippen LogP contribution >= 0.6 is 0 Å². The highest BCUT2D eigenvalue weighted by atomic mass is 32.2. The van der Waals surface area contributed by atoms with Gasteiger partial charge in [-0.05, 0) is 36.6 Å². The summed E-state index contributed by atoms with van der Waals surface area (Å²) in [6, 6.07) is 21.4. The van der Waals surface area contributed by atoms with E-state index in [0.717, 1.165) is 18.2 Å². The van der Waals surface area contributed by atoms with Crippen molar-refractivity contribution in [2.75, 3.05) is 30.8 Å². The van der Waals surface area contributed by atoms with Crippen molar-refractivity contribution in [1.29, 1.82) is 0 Å². The largest absolute Gasteiger partial charge is 0.495 e. The number of nitrogens with zero attached hydrogens (tertiary/aromatic N) is 2. The van der Waals surface area contributed by atoms with Gasteiger partial charge in [0.2, 0.25) is 21.8 Å². The molecule has 8 nitrogen and oxygen atoms in total. The highest BCUT2D eigenvalue weighted by Crippen LogP contribution is 2.30. The fourth-order valence-electron chi connectivity index (χ4n) is 4.55. The number of benzene rings is 3. The molecule has 2 amide bonds. The number of carbonyl (C=O) groups excluding carboxylic acids is 2. The summed E-state index contributed by atoms with van der Waals surface area (Å²) in [6.45, 7) is 2.28. The maximum absolute atomic E-state index is 14.7. The first-order chi connectivity index (χ1) is 19.7. The summed E-state index contributed by atoms with van der Waals surface area (Å²) in [7, 11) is -2.23. The number of anilines is 1. The molecule has 10 heteroatoms. The van der Waals surface area contributed by atoms with Crippen LogP contribution in [-0.4, -0.2) is 57.6 Å². The Kier molecular flexibility index (Phi) is 11.7. The van der Waals surface area contributed by atoms with Crippen molar-refractivity contribution in [3.8, 4) is 5.75 Å². The lowest BCUT2D eigenvalue weighted by Gasteiger charge is -2.32. The molecular weight excluding hydrogens is 545 g/mol. The topological polar surface area (TPSA) is 96.0 Å². The lowest BCUT2D eigenvalue weighted by Crippen LogP contribution is -2.50. The van der Waals surface area contributed by atoms with Crippen molar-refractivity contribution >= 4 is 27.5 Å². The third-order valence-electron chi connectivity index (χ3n) is 6.62. The summed E-state index contributed by atoms with van der Waals surface area (Å²) in [6.07, 6.45) is 2.18. The second kappa shape index (κ2) is 15.2. The first-order valence-electron chi connectivity index (χ1n) is 13.6. The van der Waals surface area contributed by atoms with Gasteiger partial charge >= 0.3 is 0 Å². The summed E-state index contributed by atoms with van der Waals surface area (Å²) >= 11 is 0. The first kappa shape index (κ1) is 31.6. The highest BCUT2D eigenvalue weighted by molar-refractivity contribution is 7.92. The van der Waals surface area contributed by atoms with Crippen LogP contribution in [0.25, 0.3) is 0 Å². The minimum absolute atomic E-state index is 0.0177. The van der Waals surface area contributed by atoms with Crippen LogP contribution in [0.2, 0.25) is 0 Å². The SMILES string of the molecule is CCCNC(=O)C(Cc1ccccc1)N(Cc1ccccc1F)C(=O)CCCN(c1ccccc1OC)S(C)(=O)=O. The monoisotopic (exact) mass is 583 g/mol. The summed E-state index contributed by atoms with van der Waals surface area (Å²) in [4.78, 5) is 28.6. The third-order valence-corrected chi connectivity index (χ3v) is 7.80. The van der Waals surface area contributed by atoms with E-state index in [4.69, 9.17) is 4.74 Å². The van der Waals surface area contributed by atoms with Gasteiger partial charge in [0.15, 0.2) is 0 Å². The Morgan fingerprint density at radius 2 is 1.63 bits per heavy atom. The van der Waals surface area contributed by atoms with Gasteiger partial charge in [0, 0.05) is 38.0 Å². The fourth-order valence-corrected chi connectivity index (χ4v) is 5.52. The van der Waals surface area contributed by atoms with E-state index in [-0.39, 0.29) is 49.7 Å². The van der Waals surface area contributed by atoms with Crippen LogP contribution in [-0.2, 0) is 32.6 Å². The van der Waals surface area contributed by atoms with E-state index in [1.54, 1.807) is 42.5 Å². The second-order valence-electron chi connectivity index (χ2n) is 9.72. The first-order valence-corrected chi connectivity index (χ1v) is 15.5. The van der Waals surface area contributed by atoms with Gasteiger partial charge in [0.25, 0.3) is 0 Å². The normalized spacial score (nSPS) is 11.9. The highest BCUT2D eigenvalue weighted by Gasteiger charge is 2.31. The Hall–Kier alpha value is -3.92. The van der Waals surface area contributed by atoms with E-state index in [1.807, 2.05) is 37.3 Å². The molecule has 0 aliphatic rings. The number of rotatable bonds is 15. The van der Waals surface area contributed by atoms with Crippen LogP contribution < -0.4 is 14.4 Å².